The quantitative estimate of drug-likeness (QED) is 0.223. The van der Waals surface area contributed by atoms with Gasteiger partial charge in [-0.1, -0.05) is 32.1 Å². The molecule has 1 aliphatic carbocycles. The molecule has 1 atom stereocenters. The maximum absolute atomic E-state index is 5.70. The molecule has 2 rings (SSSR count). The van der Waals surface area contributed by atoms with Gasteiger partial charge in [-0.15, -0.1) is 24.0 Å². The normalized spacial score (nSPS) is 21.7. The first kappa shape index (κ1) is 24.0. The van der Waals surface area contributed by atoms with E-state index in [0.717, 1.165) is 44.7 Å². The lowest BCUT2D eigenvalue weighted by Gasteiger charge is -2.23. The lowest BCUT2D eigenvalue weighted by Crippen LogP contribution is -2.40. The Morgan fingerprint density at radius 2 is 1.92 bits per heavy atom. The van der Waals surface area contributed by atoms with Crippen LogP contribution in [0.1, 0.15) is 58.3 Å². The summed E-state index contributed by atoms with van der Waals surface area (Å²) in [4.78, 5) is 7.31. The number of methoxy groups -OCH3 is 1. The number of ether oxygens (including phenoxy) is 2. The molecule has 1 heterocycles. The summed E-state index contributed by atoms with van der Waals surface area (Å²) in [5.41, 5.74) is 0. The first-order valence-corrected chi connectivity index (χ1v) is 10.4. The van der Waals surface area contributed by atoms with E-state index in [0.29, 0.717) is 19.1 Å². The van der Waals surface area contributed by atoms with Gasteiger partial charge in [0.25, 0.3) is 0 Å². The number of hydrogen-bond acceptors (Lipinski definition) is 3. The SMILES string of the molecule is CCNC(=NCCCC1CCCCC1)N1CCC(COCCOC)C1.I. The monoisotopic (exact) mass is 481 g/mol. The van der Waals surface area contributed by atoms with Crippen molar-refractivity contribution in [2.75, 3.05) is 53.1 Å². The second-order valence-corrected chi connectivity index (χ2v) is 7.55. The molecule has 2 fully saturated rings. The minimum Gasteiger partial charge on any atom is -0.382 e. The predicted molar refractivity (Wildman–Crippen MR) is 120 cm³/mol. The molecule has 154 valence electrons. The van der Waals surface area contributed by atoms with Crippen molar-refractivity contribution < 1.29 is 9.47 Å². The fourth-order valence-electron chi connectivity index (χ4n) is 4.02. The standard InChI is InChI=1S/C20H39N3O2.HI/c1-3-21-20(22-12-7-10-18-8-5-4-6-9-18)23-13-11-19(16-23)17-25-15-14-24-2;/h18-19H,3-17H2,1-2H3,(H,21,22);1H. The molecule has 6 heteroatoms. The Labute approximate surface area is 177 Å². The van der Waals surface area contributed by atoms with Gasteiger partial charge in [0.1, 0.15) is 0 Å². The zero-order valence-electron chi connectivity index (χ0n) is 16.9. The van der Waals surface area contributed by atoms with Crippen LogP contribution in [0.2, 0.25) is 0 Å². The van der Waals surface area contributed by atoms with Gasteiger partial charge in [0.15, 0.2) is 5.96 Å². The molecular weight excluding hydrogens is 441 g/mol. The number of halogens is 1. The summed E-state index contributed by atoms with van der Waals surface area (Å²) in [5.74, 6) is 2.68. The molecule has 0 amide bonds. The largest absolute Gasteiger partial charge is 0.382 e. The van der Waals surface area contributed by atoms with E-state index in [1.807, 2.05) is 0 Å². The van der Waals surface area contributed by atoms with Gasteiger partial charge in [-0.05, 0) is 32.1 Å². The fraction of sp³-hybridized carbons (Fsp3) is 0.950. The second kappa shape index (κ2) is 14.9. The summed E-state index contributed by atoms with van der Waals surface area (Å²) in [6.07, 6.45) is 11.0. The number of guanidine groups is 1. The molecule has 2 aliphatic rings. The zero-order valence-corrected chi connectivity index (χ0v) is 19.2. The third-order valence-corrected chi connectivity index (χ3v) is 5.46. The van der Waals surface area contributed by atoms with Crippen LogP contribution < -0.4 is 5.32 Å². The summed E-state index contributed by atoms with van der Waals surface area (Å²) in [7, 11) is 1.72. The lowest BCUT2D eigenvalue weighted by molar-refractivity contribution is 0.0536. The number of nitrogens with zero attached hydrogens (tertiary/aromatic N) is 2. The van der Waals surface area contributed by atoms with Crippen LogP contribution in [0, 0.1) is 11.8 Å². The van der Waals surface area contributed by atoms with Gasteiger partial charge >= 0.3 is 0 Å². The third kappa shape index (κ3) is 9.22. The molecule has 0 bridgehead atoms. The highest BCUT2D eigenvalue weighted by Crippen LogP contribution is 2.27. The van der Waals surface area contributed by atoms with E-state index in [-0.39, 0.29) is 24.0 Å². The third-order valence-electron chi connectivity index (χ3n) is 5.46. The minimum absolute atomic E-state index is 0. The number of nitrogens with one attached hydrogen (secondary N) is 1. The molecule has 1 unspecified atom stereocenters. The van der Waals surface area contributed by atoms with Crippen LogP contribution in [0.15, 0.2) is 4.99 Å². The van der Waals surface area contributed by atoms with Crippen LogP contribution >= 0.6 is 24.0 Å². The van der Waals surface area contributed by atoms with Gasteiger partial charge in [-0.25, -0.2) is 0 Å². The number of likely N-dealkylation sites (tertiary alicyclic amines) is 1. The Morgan fingerprint density at radius 3 is 2.65 bits per heavy atom. The lowest BCUT2D eigenvalue weighted by atomic mass is 9.86. The van der Waals surface area contributed by atoms with Gasteiger partial charge in [-0.2, -0.15) is 0 Å². The van der Waals surface area contributed by atoms with Crippen LogP contribution in [0.25, 0.3) is 0 Å². The van der Waals surface area contributed by atoms with Crippen molar-refractivity contribution in [1.82, 2.24) is 10.2 Å². The Bertz CT molecular complexity index is 376. The molecule has 5 nitrogen and oxygen atoms in total. The summed E-state index contributed by atoms with van der Waals surface area (Å²) in [6.45, 7) is 8.41. The first-order chi connectivity index (χ1) is 12.3. The van der Waals surface area contributed by atoms with E-state index in [1.54, 1.807) is 7.11 Å². The molecule has 1 aliphatic heterocycles. The van der Waals surface area contributed by atoms with Crippen molar-refractivity contribution in [2.24, 2.45) is 16.8 Å². The van der Waals surface area contributed by atoms with E-state index < -0.39 is 0 Å². The summed E-state index contributed by atoms with van der Waals surface area (Å²) >= 11 is 0. The molecule has 1 saturated heterocycles. The summed E-state index contributed by atoms with van der Waals surface area (Å²) in [6, 6.07) is 0. The second-order valence-electron chi connectivity index (χ2n) is 7.55. The highest BCUT2D eigenvalue weighted by Gasteiger charge is 2.24. The van der Waals surface area contributed by atoms with Crippen LogP contribution in [0.3, 0.4) is 0 Å². The Hall–Kier alpha value is -0.0800. The average molecular weight is 481 g/mol. The maximum Gasteiger partial charge on any atom is 0.193 e. The van der Waals surface area contributed by atoms with E-state index in [9.17, 15) is 0 Å². The van der Waals surface area contributed by atoms with Gasteiger partial charge in [0.2, 0.25) is 0 Å². The Morgan fingerprint density at radius 1 is 1.12 bits per heavy atom. The van der Waals surface area contributed by atoms with Gasteiger partial charge in [0.05, 0.1) is 19.8 Å². The van der Waals surface area contributed by atoms with Crippen LogP contribution in [0.5, 0.6) is 0 Å². The van der Waals surface area contributed by atoms with Crippen molar-refractivity contribution in [3.05, 3.63) is 0 Å². The molecule has 0 spiro atoms. The molecule has 26 heavy (non-hydrogen) atoms. The number of hydrogen-bond donors (Lipinski definition) is 1. The molecule has 1 N–H and O–H groups in total. The zero-order chi connectivity index (χ0) is 17.7. The van der Waals surface area contributed by atoms with Crippen molar-refractivity contribution in [3.8, 4) is 0 Å². The summed E-state index contributed by atoms with van der Waals surface area (Å²) in [5, 5.41) is 3.48. The number of aliphatic imine (C=N–C) groups is 1. The molecule has 0 aromatic heterocycles. The van der Waals surface area contributed by atoms with E-state index >= 15 is 0 Å². The molecule has 1 saturated carbocycles. The van der Waals surface area contributed by atoms with Crippen molar-refractivity contribution in [3.63, 3.8) is 0 Å². The topological polar surface area (TPSA) is 46.1 Å². The highest BCUT2D eigenvalue weighted by molar-refractivity contribution is 14.0. The average Bonchev–Trinajstić information content (AvgIpc) is 3.11. The minimum atomic E-state index is 0. The van der Waals surface area contributed by atoms with Crippen LogP contribution in [-0.4, -0.2) is 64.0 Å². The maximum atomic E-state index is 5.70. The predicted octanol–water partition coefficient (Wildman–Crippen LogP) is 3.92. The highest BCUT2D eigenvalue weighted by atomic mass is 127. The molecule has 0 radical (unpaired) electrons. The van der Waals surface area contributed by atoms with Gasteiger partial charge in [-0.3, -0.25) is 4.99 Å². The van der Waals surface area contributed by atoms with Gasteiger partial charge < -0.3 is 19.7 Å². The van der Waals surface area contributed by atoms with Gasteiger partial charge in [0, 0.05) is 39.2 Å². The first-order valence-electron chi connectivity index (χ1n) is 10.4. The Kier molecular flexibility index (Phi) is 13.7. The molecule has 0 aromatic rings. The summed E-state index contributed by atoms with van der Waals surface area (Å²) < 4.78 is 10.7. The van der Waals surface area contributed by atoms with E-state index in [2.05, 4.69) is 17.1 Å². The van der Waals surface area contributed by atoms with Crippen molar-refractivity contribution >= 4 is 29.9 Å². The molecule has 0 aromatic carbocycles. The fourth-order valence-corrected chi connectivity index (χ4v) is 4.02. The molecular formula is C20H40IN3O2. The number of rotatable bonds is 10. The van der Waals surface area contributed by atoms with Crippen LogP contribution in [-0.2, 0) is 9.47 Å². The van der Waals surface area contributed by atoms with E-state index in [1.165, 1.54) is 51.4 Å². The Balaban J connectivity index is 0.00000338. The van der Waals surface area contributed by atoms with Crippen molar-refractivity contribution in [2.45, 2.75) is 58.3 Å². The van der Waals surface area contributed by atoms with Crippen molar-refractivity contribution in [1.29, 1.82) is 0 Å². The smallest absolute Gasteiger partial charge is 0.193 e. The van der Waals surface area contributed by atoms with Crippen LogP contribution in [0.4, 0.5) is 0 Å². The van der Waals surface area contributed by atoms with E-state index in [4.69, 9.17) is 14.5 Å².